The Hall–Kier alpha value is -3.56. The van der Waals surface area contributed by atoms with Gasteiger partial charge in [0.25, 0.3) is 8.32 Å². The molecule has 0 amide bonds. The molecule has 4 rings (SSSR count). The van der Waals surface area contributed by atoms with E-state index >= 15 is 0 Å². The van der Waals surface area contributed by atoms with Crippen LogP contribution in [0.25, 0.3) is 0 Å². The van der Waals surface area contributed by atoms with Gasteiger partial charge in [-0.15, -0.1) is 0 Å². The number of benzene rings is 4. The Balaban J connectivity index is 1.51. The van der Waals surface area contributed by atoms with Crippen LogP contribution in [0.5, 0.6) is 5.75 Å². The van der Waals surface area contributed by atoms with Gasteiger partial charge in [0, 0.05) is 18.4 Å². The predicted octanol–water partition coefficient (Wildman–Crippen LogP) is 7.95. The van der Waals surface area contributed by atoms with E-state index in [0.717, 1.165) is 22.4 Å². The van der Waals surface area contributed by atoms with Gasteiger partial charge in [-0.2, -0.15) is 0 Å². The Morgan fingerprint density at radius 3 is 1.75 bits per heavy atom. The van der Waals surface area contributed by atoms with Crippen molar-refractivity contribution in [1.82, 2.24) is 0 Å². The van der Waals surface area contributed by atoms with E-state index in [1.807, 2.05) is 68.4 Å². The highest BCUT2D eigenvalue weighted by atomic mass is 28.4. The minimum Gasteiger partial charge on any atom is -0.497 e. The van der Waals surface area contributed by atoms with Gasteiger partial charge < -0.3 is 28.8 Å². The summed E-state index contributed by atoms with van der Waals surface area (Å²) in [4.78, 5) is 0. The van der Waals surface area contributed by atoms with E-state index in [9.17, 15) is 10.2 Å². The zero-order valence-electron chi connectivity index (χ0n) is 32.2. The number of aliphatic hydroxyl groups is 2. The summed E-state index contributed by atoms with van der Waals surface area (Å²) in [6.07, 6.45) is 1.18. The first-order chi connectivity index (χ1) is 25.0. The molecule has 52 heavy (non-hydrogen) atoms. The molecule has 4 aromatic carbocycles. The molecule has 0 spiro atoms. The van der Waals surface area contributed by atoms with E-state index in [1.54, 1.807) is 7.11 Å². The third-order valence-corrected chi connectivity index (χ3v) is 15.1. The summed E-state index contributed by atoms with van der Waals surface area (Å²) >= 11 is 0. The molecule has 7 heteroatoms. The minimum atomic E-state index is -2.88. The first-order valence-electron chi connectivity index (χ1n) is 18.6. The van der Waals surface area contributed by atoms with Gasteiger partial charge in [-0.1, -0.05) is 149 Å². The molecule has 0 aliphatic heterocycles. The second kappa shape index (κ2) is 20.0. The Kier molecular flexibility index (Phi) is 15.9. The second-order valence-corrected chi connectivity index (χ2v) is 19.5. The first kappa shape index (κ1) is 41.2. The van der Waals surface area contributed by atoms with Crippen LogP contribution in [0, 0.1) is 17.8 Å². The van der Waals surface area contributed by atoms with Gasteiger partial charge in [-0.3, -0.25) is 0 Å². The number of rotatable bonds is 20. The van der Waals surface area contributed by atoms with E-state index in [0.29, 0.717) is 26.2 Å². The van der Waals surface area contributed by atoms with Gasteiger partial charge in [-0.25, -0.2) is 0 Å². The van der Waals surface area contributed by atoms with E-state index < -0.39 is 26.4 Å². The third kappa shape index (κ3) is 11.2. The van der Waals surface area contributed by atoms with Crippen LogP contribution in [0.2, 0.25) is 5.04 Å². The molecule has 0 saturated heterocycles. The van der Waals surface area contributed by atoms with Crippen LogP contribution in [0.3, 0.4) is 0 Å². The van der Waals surface area contributed by atoms with E-state index in [4.69, 9.17) is 18.6 Å². The number of allylic oxidation sites excluding steroid dienone is 1. The standard InChI is InChI=1S/C45H60O6Si/c1-34(27-28-49-30-37-17-11-8-12-18-37)29-35(2)43(46)36(3)44(47)39(32-50-31-38-23-25-40(48-7)26-24-38)33-51-52(45(4,5)6,41-19-13-9-14-20-41)42-21-15-10-16-22-42/h8-27,35-36,39,43-44,46-47H,28-33H2,1-7H3/b34-27+/t35-,36-,39-,43+,44+/m0/s1. The van der Waals surface area contributed by atoms with Gasteiger partial charge in [0.1, 0.15) is 5.75 Å². The summed E-state index contributed by atoms with van der Waals surface area (Å²) in [6.45, 7) is 14.8. The molecule has 0 fully saturated rings. The van der Waals surface area contributed by atoms with Crippen LogP contribution >= 0.6 is 0 Å². The van der Waals surface area contributed by atoms with Crippen molar-refractivity contribution in [3.63, 3.8) is 0 Å². The lowest BCUT2D eigenvalue weighted by Gasteiger charge is -2.44. The number of hydrogen-bond acceptors (Lipinski definition) is 6. The molecule has 0 heterocycles. The summed E-state index contributed by atoms with van der Waals surface area (Å²) in [7, 11) is -1.23. The van der Waals surface area contributed by atoms with Crippen molar-refractivity contribution >= 4 is 18.7 Å². The van der Waals surface area contributed by atoms with Crippen molar-refractivity contribution in [2.24, 2.45) is 17.8 Å². The topological polar surface area (TPSA) is 77.4 Å². The highest BCUT2D eigenvalue weighted by molar-refractivity contribution is 6.99. The average molecular weight is 725 g/mol. The summed E-state index contributed by atoms with van der Waals surface area (Å²) in [6, 6.07) is 39.0. The summed E-state index contributed by atoms with van der Waals surface area (Å²) in [5.74, 6) is -0.0970. The fourth-order valence-electron chi connectivity index (χ4n) is 7.10. The summed E-state index contributed by atoms with van der Waals surface area (Å²) < 4.78 is 24.8. The molecule has 0 aliphatic rings. The van der Waals surface area contributed by atoms with Crippen molar-refractivity contribution in [2.45, 2.75) is 78.4 Å². The third-order valence-electron chi connectivity index (χ3n) is 10.1. The smallest absolute Gasteiger partial charge is 0.261 e. The molecular weight excluding hydrogens is 665 g/mol. The normalized spacial score (nSPS) is 15.4. The van der Waals surface area contributed by atoms with Crippen molar-refractivity contribution < 1.29 is 28.8 Å². The molecule has 0 radical (unpaired) electrons. The molecule has 2 N–H and O–H groups in total. The lowest BCUT2D eigenvalue weighted by Crippen LogP contribution is -2.67. The van der Waals surface area contributed by atoms with Crippen LogP contribution in [0.1, 0.15) is 59.1 Å². The zero-order chi connectivity index (χ0) is 37.6. The van der Waals surface area contributed by atoms with E-state index in [-0.39, 0.29) is 30.1 Å². The van der Waals surface area contributed by atoms with Crippen LogP contribution in [-0.4, -0.2) is 57.7 Å². The lowest BCUT2D eigenvalue weighted by atomic mass is 9.82. The maximum atomic E-state index is 12.1. The van der Waals surface area contributed by atoms with Crippen molar-refractivity contribution in [1.29, 1.82) is 0 Å². The second-order valence-electron chi connectivity index (χ2n) is 15.2. The Labute approximate surface area is 313 Å². The molecule has 0 saturated carbocycles. The molecule has 6 nitrogen and oxygen atoms in total. The van der Waals surface area contributed by atoms with Gasteiger partial charge in [0.2, 0.25) is 0 Å². The molecule has 5 atom stereocenters. The van der Waals surface area contributed by atoms with E-state index in [2.05, 4.69) is 94.4 Å². The number of aliphatic hydroxyl groups excluding tert-OH is 2. The van der Waals surface area contributed by atoms with Crippen LogP contribution in [-0.2, 0) is 27.1 Å². The highest BCUT2D eigenvalue weighted by Gasteiger charge is 2.50. The zero-order valence-corrected chi connectivity index (χ0v) is 33.2. The molecule has 0 unspecified atom stereocenters. The van der Waals surface area contributed by atoms with Crippen LogP contribution in [0.15, 0.2) is 127 Å². The van der Waals surface area contributed by atoms with Gasteiger partial charge in [-0.05, 0) is 57.9 Å². The van der Waals surface area contributed by atoms with E-state index in [1.165, 1.54) is 10.4 Å². The van der Waals surface area contributed by atoms with Crippen LogP contribution < -0.4 is 15.1 Å². The van der Waals surface area contributed by atoms with Gasteiger partial charge in [0.05, 0.1) is 45.7 Å². The lowest BCUT2D eigenvalue weighted by molar-refractivity contribution is -0.0649. The average Bonchev–Trinajstić information content (AvgIpc) is 3.16. The Morgan fingerprint density at radius 1 is 0.692 bits per heavy atom. The summed E-state index contributed by atoms with van der Waals surface area (Å²) in [5.41, 5.74) is 3.30. The monoisotopic (exact) mass is 724 g/mol. The maximum absolute atomic E-state index is 12.1. The van der Waals surface area contributed by atoms with Gasteiger partial charge in [0.15, 0.2) is 0 Å². The van der Waals surface area contributed by atoms with Crippen molar-refractivity contribution in [2.75, 3.05) is 26.9 Å². The maximum Gasteiger partial charge on any atom is 0.261 e. The molecule has 0 bridgehead atoms. The Bertz CT molecular complexity index is 1570. The number of hydrogen-bond donors (Lipinski definition) is 2. The minimum absolute atomic E-state index is 0.0755. The fourth-order valence-corrected chi connectivity index (χ4v) is 11.7. The largest absolute Gasteiger partial charge is 0.497 e. The summed E-state index contributed by atoms with van der Waals surface area (Å²) in [5, 5.41) is 25.8. The quantitative estimate of drug-likeness (QED) is 0.0548. The molecule has 0 aliphatic carbocycles. The van der Waals surface area contributed by atoms with Crippen LogP contribution in [0.4, 0.5) is 0 Å². The molecular formula is C45H60O6Si. The SMILES string of the molecule is COc1ccc(COC[C@@H](CO[Si](c2ccccc2)(c2ccccc2)C(C)(C)C)[C@H](O)[C@@H](C)[C@H](O)[C@@H](C)C/C(C)=C/COCc2ccccc2)cc1. The molecule has 280 valence electrons. The molecule has 4 aromatic rings. The Morgan fingerprint density at radius 2 is 1.21 bits per heavy atom. The van der Waals surface area contributed by atoms with Gasteiger partial charge >= 0.3 is 0 Å². The molecule has 0 aromatic heterocycles. The first-order valence-corrected chi connectivity index (χ1v) is 20.5. The van der Waals surface area contributed by atoms with Crippen molar-refractivity contribution in [3.05, 3.63) is 138 Å². The fraction of sp³-hybridized carbons (Fsp3) is 0.422. The predicted molar refractivity (Wildman–Crippen MR) is 215 cm³/mol. The number of ether oxygens (including phenoxy) is 3. The van der Waals surface area contributed by atoms with Crippen molar-refractivity contribution in [3.8, 4) is 5.75 Å². The number of methoxy groups -OCH3 is 1. The highest BCUT2D eigenvalue weighted by Crippen LogP contribution is 2.37.